The highest BCUT2D eigenvalue weighted by Crippen LogP contribution is 2.20. The SMILES string of the molecule is CC1=CC=C(CN2CCN(C(O)N3CCCCC3)CC2)CC1. The largest absolute Gasteiger partial charge is 0.365 e. The number of piperidine rings is 1. The molecule has 0 saturated carbocycles. The van der Waals surface area contributed by atoms with Crippen LogP contribution in [0.3, 0.4) is 0 Å². The van der Waals surface area contributed by atoms with E-state index in [4.69, 9.17) is 0 Å². The summed E-state index contributed by atoms with van der Waals surface area (Å²) in [5.41, 5.74) is 3.06. The Bertz CT molecular complexity index is 418. The van der Waals surface area contributed by atoms with Gasteiger partial charge in [0.25, 0.3) is 0 Å². The number of aliphatic hydroxyl groups excluding tert-OH is 1. The molecule has 0 spiro atoms. The van der Waals surface area contributed by atoms with Gasteiger partial charge in [-0.3, -0.25) is 14.7 Å². The van der Waals surface area contributed by atoms with E-state index in [1.807, 2.05) is 0 Å². The Morgan fingerprint density at radius 2 is 1.59 bits per heavy atom. The van der Waals surface area contributed by atoms with E-state index in [0.717, 1.165) is 45.8 Å². The monoisotopic (exact) mass is 305 g/mol. The van der Waals surface area contributed by atoms with Gasteiger partial charge in [0, 0.05) is 45.8 Å². The van der Waals surface area contributed by atoms with Gasteiger partial charge in [-0.05, 0) is 32.6 Å². The first kappa shape index (κ1) is 16.2. The third-order valence-electron chi connectivity index (χ3n) is 5.32. The summed E-state index contributed by atoms with van der Waals surface area (Å²) in [6.45, 7) is 9.56. The maximum Gasteiger partial charge on any atom is 0.165 e. The second-order valence-electron chi connectivity index (χ2n) is 7.09. The van der Waals surface area contributed by atoms with E-state index >= 15 is 0 Å². The zero-order chi connectivity index (χ0) is 15.4. The number of aliphatic hydroxyl groups is 1. The molecule has 1 unspecified atom stereocenters. The molecule has 2 saturated heterocycles. The number of likely N-dealkylation sites (tertiary alicyclic amines) is 1. The van der Waals surface area contributed by atoms with Gasteiger partial charge in [0.15, 0.2) is 6.35 Å². The van der Waals surface area contributed by atoms with E-state index < -0.39 is 0 Å². The molecule has 3 rings (SSSR count). The third-order valence-corrected chi connectivity index (χ3v) is 5.32. The van der Waals surface area contributed by atoms with Crippen LogP contribution in [0.5, 0.6) is 0 Å². The molecule has 3 aliphatic rings. The number of allylic oxidation sites excluding steroid dienone is 3. The Labute approximate surface area is 135 Å². The lowest BCUT2D eigenvalue weighted by Gasteiger charge is -2.42. The van der Waals surface area contributed by atoms with Crippen molar-refractivity contribution in [3.63, 3.8) is 0 Å². The van der Waals surface area contributed by atoms with Gasteiger partial charge >= 0.3 is 0 Å². The smallest absolute Gasteiger partial charge is 0.165 e. The summed E-state index contributed by atoms with van der Waals surface area (Å²) in [5.74, 6) is 0. The van der Waals surface area contributed by atoms with Crippen molar-refractivity contribution in [1.29, 1.82) is 0 Å². The van der Waals surface area contributed by atoms with Gasteiger partial charge < -0.3 is 5.11 Å². The quantitative estimate of drug-likeness (QED) is 0.861. The molecule has 0 radical (unpaired) electrons. The number of piperazine rings is 1. The van der Waals surface area contributed by atoms with Crippen LogP contribution in [-0.2, 0) is 0 Å². The van der Waals surface area contributed by atoms with Gasteiger partial charge in [0.05, 0.1) is 0 Å². The van der Waals surface area contributed by atoms with Crippen molar-refractivity contribution in [2.75, 3.05) is 45.8 Å². The van der Waals surface area contributed by atoms with Gasteiger partial charge in [0.1, 0.15) is 0 Å². The van der Waals surface area contributed by atoms with Crippen LogP contribution >= 0.6 is 0 Å². The molecule has 4 heteroatoms. The fourth-order valence-electron chi connectivity index (χ4n) is 3.74. The van der Waals surface area contributed by atoms with Crippen LogP contribution in [0.2, 0.25) is 0 Å². The number of hydrogen-bond acceptors (Lipinski definition) is 4. The summed E-state index contributed by atoms with van der Waals surface area (Å²) < 4.78 is 0. The summed E-state index contributed by atoms with van der Waals surface area (Å²) >= 11 is 0. The average Bonchev–Trinajstić information content (AvgIpc) is 2.58. The van der Waals surface area contributed by atoms with E-state index in [1.165, 1.54) is 37.7 Å². The molecule has 22 heavy (non-hydrogen) atoms. The second kappa shape index (κ2) is 7.73. The highest BCUT2D eigenvalue weighted by atomic mass is 16.3. The van der Waals surface area contributed by atoms with Gasteiger partial charge in [-0.1, -0.05) is 29.7 Å². The fraction of sp³-hybridized carbons (Fsp3) is 0.778. The van der Waals surface area contributed by atoms with E-state index in [-0.39, 0.29) is 6.35 Å². The third kappa shape index (κ3) is 4.19. The van der Waals surface area contributed by atoms with Crippen molar-refractivity contribution < 1.29 is 5.11 Å². The van der Waals surface area contributed by atoms with Crippen LogP contribution in [0.1, 0.15) is 39.0 Å². The normalized spacial score (nSPS) is 27.4. The van der Waals surface area contributed by atoms with E-state index in [0.29, 0.717) is 0 Å². The standard InChI is InChI=1S/C18H31N3O/c1-16-5-7-17(8-6-16)15-19-11-13-21(14-12-19)18(22)20-9-3-2-4-10-20/h5,7,18,22H,2-4,6,8-15H2,1H3. The first-order valence-electron chi connectivity index (χ1n) is 8.96. The van der Waals surface area contributed by atoms with Gasteiger partial charge in [-0.2, -0.15) is 0 Å². The van der Waals surface area contributed by atoms with Crippen LogP contribution < -0.4 is 0 Å². The first-order chi connectivity index (χ1) is 10.7. The second-order valence-corrected chi connectivity index (χ2v) is 7.09. The number of nitrogens with zero attached hydrogens (tertiary/aromatic N) is 3. The number of rotatable bonds is 4. The lowest BCUT2D eigenvalue weighted by atomic mass is 9.99. The number of hydrogen-bond donors (Lipinski definition) is 1. The van der Waals surface area contributed by atoms with Crippen LogP contribution in [0.25, 0.3) is 0 Å². The van der Waals surface area contributed by atoms with E-state index in [2.05, 4.69) is 33.8 Å². The Hall–Kier alpha value is -0.680. The summed E-state index contributed by atoms with van der Waals surface area (Å²) in [5, 5.41) is 10.5. The highest BCUT2D eigenvalue weighted by molar-refractivity contribution is 5.23. The Morgan fingerprint density at radius 3 is 2.23 bits per heavy atom. The Balaban J connectivity index is 1.44. The van der Waals surface area contributed by atoms with Crippen molar-refractivity contribution >= 4 is 0 Å². The lowest BCUT2D eigenvalue weighted by Crippen LogP contribution is -2.56. The summed E-state index contributed by atoms with van der Waals surface area (Å²) in [6, 6.07) is 0. The molecule has 124 valence electrons. The molecule has 1 N–H and O–H groups in total. The molecule has 2 heterocycles. The molecule has 2 aliphatic heterocycles. The van der Waals surface area contributed by atoms with Gasteiger partial charge in [-0.15, -0.1) is 0 Å². The van der Waals surface area contributed by atoms with Crippen LogP contribution in [0.15, 0.2) is 23.3 Å². The molecular weight excluding hydrogens is 274 g/mol. The molecule has 1 aliphatic carbocycles. The summed E-state index contributed by atoms with van der Waals surface area (Å²) in [4.78, 5) is 7.04. The molecule has 4 nitrogen and oxygen atoms in total. The van der Waals surface area contributed by atoms with E-state index in [9.17, 15) is 5.11 Å². The van der Waals surface area contributed by atoms with Crippen molar-refractivity contribution in [2.45, 2.75) is 45.4 Å². The molecule has 0 bridgehead atoms. The van der Waals surface area contributed by atoms with Crippen LogP contribution in [-0.4, -0.2) is 72.0 Å². The van der Waals surface area contributed by atoms with Crippen LogP contribution in [0.4, 0.5) is 0 Å². The maximum absolute atomic E-state index is 10.5. The van der Waals surface area contributed by atoms with Crippen molar-refractivity contribution in [3.05, 3.63) is 23.3 Å². The zero-order valence-electron chi connectivity index (χ0n) is 14.0. The molecule has 1 atom stereocenters. The minimum Gasteiger partial charge on any atom is -0.365 e. The predicted octanol–water partition coefficient (Wildman–Crippen LogP) is 2.03. The lowest BCUT2D eigenvalue weighted by molar-refractivity contribution is -0.129. The molecular formula is C18H31N3O. The van der Waals surface area contributed by atoms with Gasteiger partial charge in [0.2, 0.25) is 0 Å². The summed E-state index contributed by atoms with van der Waals surface area (Å²) in [6.07, 6.45) is 10.5. The molecule has 0 aromatic heterocycles. The van der Waals surface area contributed by atoms with Crippen molar-refractivity contribution in [2.24, 2.45) is 0 Å². The Morgan fingerprint density at radius 1 is 0.909 bits per heavy atom. The Kier molecular flexibility index (Phi) is 5.69. The van der Waals surface area contributed by atoms with E-state index in [1.54, 1.807) is 5.57 Å². The maximum atomic E-state index is 10.5. The zero-order valence-corrected chi connectivity index (χ0v) is 14.0. The molecule has 0 aromatic rings. The highest BCUT2D eigenvalue weighted by Gasteiger charge is 2.27. The van der Waals surface area contributed by atoms with Crippen molar-refractivity contribution in [3.8, 4) is 0 Å². The fourth-order valence-corrected chi connectivity index (χ4v) is 3.74. The topological polar surface area (TPSA) is 30.0 Å². The minimum atomic E-state index is -0.359. The molecule has 0 amide bonds. The molecule has 0 aromatic carbocycles. The average molecular weight is 305 g/mol. The van der Waals surface area contributed by atoms with Crippen molar-refractivity contribution in [1.82, 2.24) is 14.7 Å². The van der Waals surface area contributed by atoms with Crippen LogP contribution in [0, 0.1) is 0 Å². The first-order valence-corrected chi connectivity index (χ1v) is 8.96. The molecule has 2 fully saturated rings. The van der Waals surface area contributed by atoms with Gasteiger partial charge in [-0.25, -0.2) is 0 Å². The predicted molar refractivity (Wildman–Crippen MR) is 90.5 cm³/mol. The minimum absolute atomic E-state index is 0.359. The summed E-state index contributed by atoms with van der Waals surface area (Å²) in [7, 11) is 0.